The lowest BCUT2D eigenvalue weighted by atomic mass is 10.1. The van der Waals surface area contributed by atoms with Gasteiger partial charge in [0.1, 0.15) is 10.7 Å². The van der Waals surface area contributed by atoms with Crippen LogP contribution in [0.2, 0.25) is 0 Å². The van der Waals surface area contributed by atoms with Crippen LogP contribution in [0.5, 0.6) is 0 Å². The van der Waals surface area contributed by atoms with Gasteiger partial charge in [-0.25, -0.2) is 4.98 Å². The highest BCUT2D eigenvalue weighted by atomic mass is 32.1. The molecule has 27 heavy (non-hydrogen) atoms. The smallest absolute Gasteiger partial charge is 0.264 e. The van der Waals surface area contributed by atoms with Crippen LogP contribution in [-0.2, 0) is 0 Å². The van der Waals surface area contributed by atoms with Gasteiger partial charge in [0.05, 0.1) is 10.3 Å². The minimum absolute atomic E-state index is 0.00329. The maximum atomic E-state index is 13.1. The number of amides is 1. The molecule has 0 saturated carbocycles. The molecular weight excluding hydrogens is 360 g/mol. The monoisotopic (exact) mass is 382 g/mol. The Kier molecular flexibility index (Phi) is 4.47. The third-order valence-electron chi connectivity index (χ3n) is 5.05. The Morgan fingerprint density at radius 1 is 1.15 bits per heavy atom. The largest absolute Gasteiger partial charge is 0.368 e. The molecule has 0 spiro atoms. The maximum Gasteiger partial charge on any atom is 0.264 e. The van der Waals surface area contributed by atoms with Gasteiger partial charge in [-0.3, -0.25) is 9.59 Å². The Hall–Kier alpha value is -2.67. The molecule has 0 atom stereocenters. The van der Waals surface area contributed by atoms with Crippen LogP contribution in [-0.4, -0.2) is 47.0 Å². The first-order valence-corrected chi connectivity index (χ1v) is 9.86. The average Bonchev–Trinajstić information content (AvgIpc) is 2.98. The van der Waals surface area contributed by atoms with E-state index < -0.39 is 0 Å². The zero-order chi connectivity index (χ0) is 19.1. The number of aryl methyl sites for hydroxylation is 3. The summed E-state index contributed by atoms with van der Waals surface area (Å²) in [6.45, 7) is 8.62. The third kappa shape index (κ3) is 3.23. The number of hydrogen-bond acceptors (Lipinski definition) is 5. The van der Waals surface area contributed by atoms with Crippen molar-refractivity contribution in [3.8, 4) is 0 Å². The predicted molar refractivity (Wildman–Crippen MR) is 109 cm³/mol. The average molecular weight is 382 g/mol. The number of fused-ring (bicyclic) bond motifs is 1. The second kappa shape index (κ2) is 6.81. The van der Waals surface area contributed by atoms with Gasteiger partial charge in [0, 0.05) is 31.9 Å². The van der Waals surface area contributed by atoms with E-state index in [4.69, 9.17) is 0 Å². The van der Waals surface area contributed by atoms with Crippen LogP contribution in [0.3, 0.4) is 0 Å². The predicted octanol–water partition coefficient (Wildman–Crippen LogP) is 2.87. The van der Waals surface area contributed by atoms with Crippen LogP contribution in [0.4, 0.5) is 5.69 Å². The summed E-state index contributed by atoms with van der Waals surface area (Å²) in [5.74, 6) is 0.566. The molecule has 0 bridgehead atoms. The van der Waals surface area contributed by atoms with Crippen molar-refractivity contribution in [3.63, 3.8) is 0 Å². The first-order chi connectivity index (χ1) is 12.9. The molecule has 7 heteroatoms. The van der Waals surface area contributed by atoms with E-state index in [-0.39, 0.29) is 11.5 Å². The summed E-state index contributed by atoms with van der Waals surface area (Å²) < 4.78 is 0. The molecule has 6 nitrogen and oxygen atoms in total. The standard InChI is InChI=1S/C20H22N4O2S/c1-12-5-4-6-15(11-12)23-7-9-24(10-8-23)20(26)17-13(2)16-18(25)21-14(3)22-19(16)27-17/h4-6,11H,7-10H2,1-3H3,(H,21,22,25). The molecule has 1 aliphatic rings. The number of aromatic nitrogens is 2. The number of piperazine rings is 1. The highest BCUT2D eigenvalue weighted by Crippen LogP contribution is 2.28. The van der Waals surface area contributed by atoms with Gasteiger partial charge in [0.25, 0.3) is 11.5 Å². The van der Waals surface area contributed by atoms with Crippen molar-refractivity contribution >= 4 is 33.1 Å². The lowest BCUT2D eigenvalue weighted by molar-refractivity contribution is 0.0751. The summed E-state index contributed by atoms with van der Waals surface area (Å²) in [5.41, 5.74) is 3.00. The maximum absolute atomic E-state index is 13.1. The molecule has 1 aromatic carbocycles. The third-order valence-corrected chi connectivity index (χ3v) is 6.22. The summed E-state index contributed by atoms with van der Waals surface area (Å²) in [7, 11) is 0. The summed E-state index contributed by atoms with van der Waals surface area (Å²) in [5, 5.41) is 0.535. The van der Waals surface area contributed by atoms with E-state index in [1.54, 1.807) is 6.92 Å². The van der Waals surface area contributed by atoms with E-state index in [9.17, 15) is 9.59 Å². The van der Waals surface area contributed by atoms with Gasteiger partial charge in [-0.05, 0) is 44.0 Å². The molecule has 0 unspecified atom stereocenters. The molecule has 0 aliphatic carbocycles. The molecule has 3 heterocycles. The molecule has 0 radical (unpaired) electrons. The molecule has 1 fully saturated rings. The fourth-order valence-corrected chi connectivity index (χ4v) is 4.79. The Balaban J connectivity index is 1.55. The number of carbonyl (C=O) groups is 1. The molecular formula is C20H22N4O2S. The first-order valence-electron chi connectivity index (χ1n) is 9.05. The van der Waals surface area contributed by atoms with E-state index in [2.05, 4.69) is 46.1 Å². The topological polar surface area (TPSA) is 69.3 Å². The second-order valence-corrected chi connectivity index (χ2v) is 8.00. The van der Waals surface area contributed by atoms with E-state index in [0.717, 1.165) is 18.7 Å². The Morgan fingerprint density at radius 3 is 2.59 bits per heavy atom. The van der Waals surface area contributed by atoms with Gasteiger partial charge in [-0.15, -0.1) is 11.3 Å². The minimum Gasteiger partial charge on any atom is -0.368 e. The van der Waals surface area contributed by atoms with Crippen molar-refractivity contribution in [2.45, 2.75) is 20.8 Å². The van der Waals surface area contributed by atoms with Crippen molar-refractivity contribution < 1.29 is 4.79 Å². The SMILES string of the molecule is Cc1cccc(N2CCN(C(=O)c3sc4nc(C)[nH]c(=O)c4c3C)CC2)c1. The van der Waals surface area contributed by atoms with Crippen molar-refractivity contribution in [3.05, 3.63) is 56.4 Å². The van der Waals surface area contributed by atoms with E-state index >= 15 is 0 Å². The number of thiophene rings is 1. The number of H-pyrrole nitrogens is 1. The zero-order valence-corrected chi connectivity index (χ0v) is 16.5. The van der Waals surface area contributed by atoms with Gasteiger partial charge >= 0.3 is 0 Å². The van der Waals surface area contributed by atoms with Gasteiger partial charge in [0.15, 0.2) is 0 Å². The summed E-state index contributed by atoms with van der Waals surface area (Å²) in [6.07, 6.45) is 0. The lowest BCUT2D eigenvalue weighted by Gasteiger charge is -2.36. The van der Waals surface area contributed by atoms with Crippen molar-refractivity contribution in [1.29, 1.82) is 0 Å². The summed E-state index contributed by atoms with van der Waals surface area (Å²) in [4.78, 5) is 37.9. The van der Waals surface area contributed by atoms with E-state index in [0.29, 0.717) is 34.0 Å². The Labute approximate surface area is 161 Å². The molecule has 1 saturated heterocycles. The molecule has 2 aromatic heterocycles. The summed E-state index contributed by atoms with van der Waals surface area (Å²) in [6, 6.07) is 8.44. The number of hydrogen-bond donors (Lipinski definition) is 1. The van der Waals surface area contributed by atoms with Crippen LogP contribution < -0.4 is 10.5 Å². The summed E-state index contributed by atoms with van der Waals surface area (Å²) >= 11 is 1.32. The fraction of sp³-hybridized carbons (Fsp3) is 0.350. The van der Waals surface area contributed by atoms with Crippen LogP contribution in [0.25, 0.3) is 10.2 Å². The van der Waals surface area contributed by atoms with Gasteiger partial charge in [-0.2, -0.15) is 0 Å². The Bertz CT molecular complexity index is 1080. The number of nitrogens with one attached hydrogen (secondary N) is 1. The lowest BCUT2D eigenvalue weighted by Crippen LogP contribution is -2.48. The van der Waals surface area contributed by atoms with Gasteiger partial charge in [0.2, 0.25) is 0 Å². The normalized spacial score (nSPS) is 14.8. The number of rotatable bonds is 2. The molecule has 1 amide bonds. The number of nitrogens with zero attached hydrogens (tertiary/aromatic N) is 3. The van der Waals surface area contributed by atoms with Crippen LogP contribution >= 0.6 is 11.3 Å². The highest BCUT2D eigenvalue weighted by molar-refractivity contribution is 7.20. The van der Waals surface area contributed by atoms with Crippen LogP contribution in [0.15, 0.2) is 29.1 Å². The molecule has 1 aliphatic heterocycles. The van der Waals surface area contributed by atoms with Crippen LogP contribution in [0.1, 0.15) is 26.6 Å². The Morgan fingerprint density at radius 2 is 1.89 bits per heavy atom. The fourth-order valence-electron chi connectivity index (χ4n) is 3.59. The first kappa shape index (κ1) is 17.7. The van der Waals surface area contributed by atoms with E-state index in [1.165, 1.54) is 22.6 Å². The number of aromatic amines is 1. The second-order valence-electron chi connectivity index (χ2n) is 7.01. The molecule has 140 valence electrons. The van der Waals surface area contributed by atoms with Crippen molar-refractivity contribution in [2.24, 2.45) is 0 Å². The molecule has 4 rings (SSSR count). The minimum atomic E-state index is -0.172. The molecule has 3 aromatic rings. The number of benzene rings is 1. The molecule has 1 N–H and O–H groups in total. The highest BCUT2D eigenvalue weighted by Gasteiger charge is 2.26. The van der Waals surface area contributed by atoms with Crippen molar-refractivity contribution in [2.75, 3.05) is 31.1 Å². The number of carbonyl (C=O) groups excluding carboxylic acids is 1. The van der Waals surface area contributed by atoms with E-state index in [1.807, 2.05) is 11.8 Å². The quantitative estimate of drug-likeness (QED) is 0.740. The zero-order valence-electron chi connectivity index (χ0n) is 15.7. The van der Waals surface area contributed by atoms with Crippen molar-refractivity contribution in [1.82, 2.24) is 14.9 Å². The van der Waals surface area contributed by atoms with Gasteiger partial charge in [-0.1, -0.05) is 12.1 Å². The number of anilines is 1. The van der Waals surface area contributed by atoms with Crippen LogP contribution in [0, 0.1) is 20.8 Å². The van der Waals surface area contributed by atoms with Gasteiger partial charge < -0.3 is 14.8 Å².